The normalized spacial score (nSPS) is 17.6. The molecule has 1 nitrogen and oxygen atoms in total. The second-order valence-electron chi connectivity index (χ2n) is 13.2. The van der Waals surface area contributed by atoms with Crippen molar-refractivity contribution in [2.75, 3.05) is 0 Å². The van der Waals surface area contributed by atoms with E-state index in [9.17, 15) is 0 Å². The number of fused-ring (bicyclic) bond motifs is 11. The van der Waals surface area contributed by atoms with Gasteiger partial charge in [0.1, 0.15) is 11.5 Å². The summed E-state index contributed by atoms with van der Waals surface area (Å²) < 4.78 is 6.45. The average Bonchev–Trinajstić information content (AvgIpc) is 3.38. The molecule has 0 amide bonds. The molecule has 0 bridgehead atoms. The molecule has 212 valence electrons. The van der Waals surface area contributed by atoms with Crippen molar-refractivity contribution in [3.63, 3.8) is 0 Å². The van der Waals surface area contributed by atoms with Gasteiger partial charge in [-0.2, -0.15) is 0 Å². The molecule has 10 rings (SSSR count). The van der Waals surface area contributed by atoms with Crippen LogP contribution in [0.4, 0.5) is 0 Å². The first kappa shape index (κ1) is 25.0. The summed E-state index contributed by atoms with van der Waals surface area (Å²) in [6.07, 6.45) is 0. The summed E-state index contributed by atoms with van der Waals surface area (Å²) in [6.45, 7) is 4.63. The van der Waals surface area contributed by atoms with Gasteiger partial charge < -0.3 is 4.74 Å². The molecule has 1 unspecified atom stereocenters. The maximum atomic E-state index is 6.45. The minimum atomic E-state index is -0.415. The van der Waals surface area contributed by atoms with Crippen molar-refractivity contribution in [3.8, 4) is 44.9 Å². The maximum Gasteiger partial charge on any atom is 0.131 e. The predicted octanol–water partition coefficient (Wildman–Crippen LogP) is 11.3. The van der Waals surface area contributed by atoms with Crippen molar-refractivity contribution in [1.29, 1.82) is 0 Å². The molecule has 0 saturated carbocycles. The Kier molecular flexibility index (Phi) is 4.78. The van der Waals surface area contributed by atoms with Crippen LogP contribution in [-0.2, 0) is 10.8 Å². The fraction of sp³-hybridized carbons (Fsp3) is 0.0909. The average molecular weight is 575 g/mol. The Balaban J connectivity index is 1.29. The smallest absolute Gasteiger partial charge is 0.131 e. The van der Waals surface area contributed by atoms with E-state index >= 15 is 0 Å². The zero-order valence-electron chi connectivity index (χ0n) is 25.3. The summed E-state index contributed by atoms with van der Waals surface area (Å²) >= 11 is 0. The van der Waals surface area contributed by atoms with Crippen LogP contribution in [0.25, 0.3) is 44.2 Å². The molecule has 3 aliphatic rings. The quantitative estimate of drug-likeness (QED) is 0.189. The van der Waals surface area contributed by atoms with Crippen molar-refractivity contribution in [2.24, 2.45) is 0 Å². The number of hydrogen-bond acceptors (Lipinski definition) is 1. The van der Waals surface area contributed by atoms with E-state index in [1.54, 1.807) is 0 Å². The molecular weight excluding hydrogens is 544 g/mol. The van der Waals surface area contributed by atoms with E-state index < -0.39 is 5.41 Å². The van der Waals surface area contributed by atoms with Crippen LogP contribution in [-0.4, -0.2) is 0 Å². The first-order chi connectivity index (χ1) is 22.1. The molecule has 0 fully saturated rings. The Morgan fingerprint density at radius 3 is 1.84 bits per heavy atom. The molecule has 1 heterocycles. The minimum Gasteiger partial charge on any atom is -0.457 e. The van der Waals surface area contributed by atoms with Crippen LogP contribution < -0.4 is 4.74 Å². The number of rotatable bonds is 1. The van der Waals surface area contributed by atoms with Gasteiger partial charge in [-0.15, -0.1) is 0 Å². The molecule has 2 aliphatic carbocycles. The van der Waals surface area contributed by atoms with Crippen LogP contribution in [0.5, 0.6) is 11.5 Å². The van der Waals surface area contributed by atoms with Crippen LogP contribution >= 0.6 is 0 Å². The van der Waals surface area contributed by atoms with Crippen molar-refractivity contribution in [1.82, 2.24) is 0 Å². The van der Waals surface area contributed by atoms with Crippen LogP contribution in [0, 0.1) is 0 Å². The van der Waals surface area contributed by atoms with Crippen LogP contribution in [0.1, 0.15) is 47.2 Å². The Morgan fingerprint density at radius 1 is 0.422 bits per heavy atom. The lowest BCUT2D eigenvalue weighted by Crippen LogP contribution is -2.31. The lowest BCUT2D eigenvalue weighted by atomic mass is 9.61. The maximum absolute atomic E-state index is 6.45. The SMILES string of the molecule is CC1(C)c2ccccc2Oc2ccc(-c3cccc4c3-c3ccccc3C43c4ccccc4-c4cccc5cccc3c45)cc21. The highest BCUT2D eigenvalue weighted by Gasteiger charge is 2.50. The number of ether oxygens (including phenoxy) is 1. The molecule has 0 radical (unpaired) electrons. The lowest BCUT2D eigenvalue weighted by molar-refractivity contribution is 0.418. The summed E-state index contributed by atoms with van der Waals surface area (Å²) in [5.41, 5.74) is 15.1. The van der Waals surface area contributed by atoms with Gasteiger partial charge in [-0.1, -0.05) is 141 Å². The molecular formula is C44H30O. The highest BCUT2D eigenvalue weighted by Crippen LogP contribution is 2.63. The minimum absolute atomic E-state index is 0.182. The molecule has 1 heteroatoms. The van der Waals surface area contributed by atoms with Gasteiger partial charge in [0.2, 0.25) is 0 Å². The van der Waals surface area contributed by atoms with Gasteiger partial charge in [0, 0.05) is 16.5 Å². The second-order valence-corrected chi connectivity index (χ2v) is 13.2. The molecule has 0 N–H and O–H groups in total. The Bertz CT molecular complexity index is 2390. The Hall–Kier alpha value is -5.40. The van der Waals surface area contributed by atoms with Crippen molar-refractivity contribution >= 4 is 10.8 Å². The summed E-state index contributed by atoms with van der Waals surface area (Å²) in [5, 5.41) is 2.65. The summed E-state index contributed by atoms with van der Waals surface area (Å²) in [5.74, 6) is 1.89. The Morgan fingerprint density at radius 2 is 1.00 bits per heavy atom. The van der Waals surface area contributed by atoms with Crippen LogP contribution in [0.15, 0.2) is 146 Å². The standard InChI is InChI=1S/C44H30O/c1-43(2)35-20-7-8-23-39(35)45-40-25-24-28(26-38(40)43)29-16-11-22-37-42(29)32-15-4-6-19-34(32)44(37)33-18-5-3-14-30(33)31-17-9-12-27-13-10-21-36(44)41(27)31/h3-26H,1-2H3. The van der Waals surface area contributed by atoms with Gasteiger partial charge in [0.05, 0.1) is 5.41 Å². The summed E-state index contributed by atoms with van der Waals surface area (Å²) in [7, 11) is 0. The predicted molar refractivity (Wildman–Crippen MR) is 184 cm³/mol. The van der Waals surface area contributed by atoms with Crippen molar-refractivity contribution in [2.45, 2.75) is 24.7 Å². The van der Waals surface area contributed by atoms with E-state index in [4.69, 9.17) is 4.74 Å². The highest BCUT2D eigenvalue weighted by atomic mass is 16.5. The third-order valence-corrected chi connectivity index (χ3v) is 10.7. The molecule has 1 spiro atoms. The fourth-order valence-electron chi connectivity index (χ4n) is 8.83. The van der Waals surface area contributed by atoms with E-state index in [2.05, 4.69) is 159 Å². The molecule has 0 aromatic heterocycles. The summed E-state index contributed by atoms with van der Waals surface area (Å²) in [4.78, 5) is 0. The van der Waals surface area contributed by atoms with E-state index in [1.807, 2.05) is 0 Å². The number of hydrogen-bond donors (Lipinski definition) is 0. The number of benzene rings is 7. The van der Waals surface area contributed by atoms with Crippen molar-refractivity contribution in [3.05, 3.63) is 179 Å². The summed E-state index contributed by atoms with van der Waals surface area (Å²) in [6, 6.07) is 54.0. The highest BCUT2D eigenvalue weighted by molar-refractivity contribution is 6.08. The van der Waals surface area contributed by atoms with Gasteiger partial charge in [-0.05, 0) is 84.6 Å². The molecule has 0 saturated heterocycles. The topological polar surface area (TPSA) is 9.23 Å². The molecule has 1 aliphatic heterocycles. The van der Waals surface area contributed by atoms with Gasteiger partial charge in [-0.3, -0.25) is 0 Å². The van der Waals surface area contributed by atoms with E-state index in [-0.39, 0.29) is 5.41 Å². The van der Waals surface area contributed by atoms with Gasteiger partial charge in [0.25, 0.3) is 0 Å². The third kappa shape index (κ3) is 3.03. The van der Waals surface area contributed by atoms with Crippen molar-refractivity contribution < 1.29 is 4.74 Å². The zero-order chi connectivity index (χ0) is 29.9. The van der Waals surface area contributed by atoms with Gasteiger partial charge >= 0.3 is 0 Å². The third-order valence-electron chi connectivity index (χ3n) is 10.7. The molecule has 1 atom stereocenters. The number of para-hydroxylation sites is 1. The fourth-order valence-corrected chi connectivity index (χ4v) is 8.83. The van der Waals surface area contributed by atoms with E-state index in [1.165, 1.54) is 77.5 Å². The molecule has 7 aromatic rings. The zero-order valence-corrected chi connectivity index (χ0v) is 25.3. The monoisotopic (exact) mass is 574 g/mol. The van der Waals surface area contributed by atoms with Crippen LogP contribution in [0.2, 0.25) is 0 Å². The lowest BCUT2D eigenvalue weighted by Gasteiger charge is -2.40. The second kappa shape index (κ2) is 8.61. The van der Waals surface area contributed by atoms with E-state index in [0.29, 0.717) is 0 Å². The molecule has 7 aromatic carbocycles. The van der Waals surface area contributed by atoms with Gasteiger partial charge in [-0.25, -0.2) is 0 Å². The van der Waals surface area contributed by atoms with Gasteiger partial charge in [0.15, 0.2) is 0 Å². The first-order valence-electron chi connectivity index (χ1n) is 15.9. The Labute approximate surface area is 263 Å². The largest absolute Gasteiger partial charge is 0.457 e. The first-order valence-corrected chi connectivity index (χ1v) is 15.9. The molecule has 45 heavy (non-hydrogen) atoms. The van der Waals surface area contributed by atoms with E-state index in [0.717, 1.165) is 11.5 Å². The van der Waals surface area contributed by atoms with Crippen LogP contribution in [0.3, 0.4) is 0 Å².